The molecule has 0 aliphatic rings. The van der Waals surface area contributed by atoms with E-state index in [1.54, 1.807) is 0 Å². The number of allylic oxidation sites excluding steroid dienone is 1. The molecule has 1 amide bonds. The highest BCUT2D eigenvalue weighted by Gasteiger charge is 2.22. The first-order valence-corrected chi connectivity index (χ1v) is 12.2. The summed E-state index contributed by atoms with van der Waals surface area (Å²) in [6.07, 6.45) is 0. The maximum absolute atomic E-state index is 12.8. The fourth-order valence-corrected chi connectivity index (χ4v) is 5.12. The molecule has 0 bridgehead atoms. The standard InChI is InChI=1S/C22H13Br2N3O3S2/c23-14-5-9-16(10-6-14)31-22(32-17-11-7-15(24)8-12-17)19(13-25)26-21(28)18-3-1-2-4-20(18)27(29)30/h1-12H,(H,26,28). The number of thioether (sulfide) groups is 2. The summed E-state index contributed by atoms with van der Waals surface area (Å²) in [6.45, 7) is 0. The first-order chi connectivity index (χ1) is 15.4. The van der Waals surface area contributed by atoms with Crippen LogP contribution in [0.3, 0.4) is 0 Å². The smallest absolute Gasteiger partial charge is 0.282 e. The van der Waals surface area contributed by atoms with Crippen LogP contribution >= 0.6 is 55.4 Å². The van der Waals surface area contributed by atoms with Gasteiger partial charge in [-0.1, -0.05) is 67.5 Å². The van der Waals surface area contributed by atoms with Gasteiger partial charge in [-0.3, -0.25) is 14.9 Å². The van der Waals surface area contributed by atoms with E-state index in [4.69, 9.17) is 0 Å². The number of nitro groups is 1. The number of carbonyl (C=O) groups excluding carboxylic acids is 1. The Kier molecular flexibility index (Phi) is 8.53. The molecule has 10 heteroatoms. The van der Waals surface area contributed by atoms with Crippen LogP contribution < -0.4 is 5.32 Å². The van der Waals surface area contributed by atoms with Crippen molar-refractivity contribution < 1.29 is 9.72 Å². The fraction of sp³-hybridized carbons (Fsp3) is 0. The minimum atomic E-state index is -0.723. The van der Waals surface area contributed by atoms with E-state index in [1.807, 2.05) is 54.6 Å². The molecular weight excluding hydrogens is 578 g/mol. The van der Waals surface area contributed by atoms with Crippen molar-refractivity contribution in [1.82, 2.24) is 5.32 Å². The number of hydrogen-bond acceptors (Lipinski definition) is 6. The maximum Gasteiger partial charge on any atom is 0.282 e. The Morgan fingerprint density at radius 3 is 1.88 bits per heavy atom. The third-order valence-corrected chi connectivity index (χ3v) is 7.30. The molecule has 0 fully saturated rings. The van der Waals surface area contributed by atoms with Crippen LogP contribution in [0.25, 0.3) is 0 Å². The van der Waals surface area contributed by atoms with Gasteiger partial charge in [-0.15, -0.1) is 0 Å². The molecule has 32 heavy (non-hydrogen) atoms. The number of nitriles is 1. The number of hydrogen-bond donors (Lipinski definition) is 1. The van der Waals surface area contributed by atoms with Gasteiger partial charge in [0.2, 0.25) is 0 Å². The number of para-hydroxylation sites is 1. The van der Waals surface area contributed by atoms with Gasteiger partial charge in [0.1, 0.15) is 17.3 Å². The van der Waals surface area contributed by atoms with Gasteiger partial charge in [-0.25, -0.2) is 0 Å². The Bertz CT molecular complexity index is 1170. The van der Waals surface area contributed by atoms with Crippen molar-refractivity contribution in [3.05, 3.63) is 107 Å². The zero-order chi connectivity index (χ0) is 23.1. The zero-order valence-electron chi connectivity index (χ0n) is 16.1. The lowest BCUT2D eigenvalue weighted by molar-refractivity contribution is -0.385. The predicted octanol–water partition coefficient (Wildman–Crippen LogP) is 7.13. The highest BCUT2D eigenvalue weighted by molar-refractivity contribution is 9.10. The lowest BCUT2D eigenvalue weighted by Gasteiger charge is -2.12. The molecule has 0 saturated carbocycles. The van der Waals surface area contributed by atoms with E-state index in [-0.39, 0.29) is 16.9 Å². The summed E-state index contributed by atoms with van der Waals surface area (Å²) in [5.74, 6) is -0.723. The van der Waals surface area contributed by atoms with Crippen LogP contribution in [0.15, 0.2) is 101 Å². The van der Waals surface area contributed by atoms with E-state index in [2.05, 4.69) is 37.2 Å². The average Bonchev–Trinajstić information content (AvgIpc) is 2.79. The molecule has 3 aromatic rings. The quantitative estimate of drug-likeness (QED) is 0.136. The van der Waals surface area contributed by atoms with E-state index in [9.17, 15) is 20.2 Å². The number of nitro benzene ring substituents is 1. The van der Waals surface area contributed by atoms with Gasteiger partial charge in [-0.2, -0.15) is 5.26 Å². The van der Waals surface area contributed by atoms with Crippen molar-refractivity contribution in [3.63, 3.8) is 0 Å². The lowest BCUT2D eigenvalue weighted by atomic mass is 10.1. The van der Waals surface area contributed by atoms with Gasteiger partial charge in [-0.05, 0) is 54.6 Å². The van der Waals surface area contributed by atoms with Crippen LogP contribution in [0, 0.1) is 21.4 Å². The molecule has 1 N–H and O–H groups in total. The molecule has 0 saturated heterocycles. The van der Waals surface area contributed by atoms with E-state index in [1.165, 1.54) is 47.8 Å². The molecule has 0 atom stereocenters. The Balaban J connectivity index is 1.98. The van der Waals surface area contributed by atoms with Crippen molar-refractivity contribution in [1.29, 1.82) is 5.26 Å². The molecule has 0 aliphatic heterocycles. The lowest BCUT2D eigenvalue weighted by Crippen LogP contribution is -2.23. The topological polar surface area (TPSA) is 96.0 Å². The van der Waals surface area contributed by atoms with Gasteiger partial charge in [0.05, 0.1) is 9.16 Å². The van der Waals surface area contributed by atoms with E-state index in [0.29, 0.717) is 4.24 Å². The maximum atomic E-state index is 12.8. The van der Waals surface area contributed by atoms with Crippen LogP contribution in [0.5, 0.6) is 0 Å². The van der Waals surface area contributed by atoms with Gasteiger partial charge >= 0.3 is 0 Å². The Morgan fingerprint density at radius 1 is 0.906 bits per heavy atom. The Labute approximate surface area is 209 Å². The molecule has 0 heterocycles. The summed E-state index contributed by atoms with van der Waals surface area (Å²) < 4.78 is 2.36. The molecule has 160 valence electrons. The molecule has 6 nitrogen and oxygen atoms in total. The summed E-state index contributed by atoms with van der Waals surface area (Å²) in [5.41, 5.74) is -0.439. The largest absolute Gasteiger partial charge is 0.312 e. The van der Waals surface area contributed by atoms with Crippen LogP contribution in [0.1, 0.15) is 10.4 Å². The fourth-order valence-electron chi connectivity index (χ4n) is 2.47. The van der Waals surface area contributed by atoms with Crippen molar-refractivity contribution in [2.45, 2.75) is 9.79 Å². The summed E-state index contributed by atoms with van der Waals surface area (Å²) in [4.78, 5) is 25.2. The Morgan fingerprint density at radius 2 is 1.41 bits per heavy atom. The highest BCUT2D eigenvalue weighted by atomic mass is 79.9. The van der Waals surface area contributed by atoms with Crippen molar-refractivity contribution in [2.24, 2.45) is 0 Å². The second-order valence-electron chi connectivity index (χ2n) is 6.11. The molecule has 0 spiro atoms. The number of nitrogens with one attached hydrogen (secondary N) is 1. The molecule has 0 radical (unpaired) electrons. The second kappa shape index (κ2) is 11.3. The third kappa shape index (κ3) is 6.46. The van der Waals surface area contributed by atoms with Crippen LogP contribution in [0.4, 0.5) is 5.69 Å². The molecular formula is C22H13Br2N3O3S2. The van der Waals surface area contributed by atoms with Gasteiger partial charge in [0.25, 0.3) is 11.6 Å². The number of halogens is 2. The summed E-state index contributed by atoms with van der Waals surface area (Å²) in [6, 6.07) is 22.7. The average molecular weight is 591 g/mol. The number of nitrogens with zero attached hydrogens (tertiary/aromatic N) is 2. The number of carbonyl (C=O) groups is 1. The second-order valence-corrected chi connectivity index (χ2v) is 10.4. The zero-order valence-corrected chi connectivity index (χ0v) is 20.9. The molecule has 3 rings (SSSR count). The SMILES string of the molecule is N#CC(NC(=O)c1ccccc1[N+](=O)[O-])=C(Sc1ccc(Br)cc1)Sc1ccc(Br)cc1. The first-order valence-electron chi connectivity index (χ1n) is 8.93. The van der Waals surface area contributed by atoms with Crippen LogP contribution in [0.2, 0.25) is 0 Å². The normalized spacial score (nSPS) is 10.2. The number of rotatable bonds is 7. The highest BCUT2D eigenvalue weighted by Crippen LogP contribution is 2.41. The third-order valence-electron chi connectivity index (χ3n) is 3.95. The minimum Gasteiger partial charge on any atom is -0.312 e. The van der Waals surface area contributed by atoms with Crippen molar-refractivity contribution >= 4 is 67.0 Å². The summed E-state index contributed by atoms with van der Waals surface area (Å²) in [5, 5.41) is 23.7. The predicted molar refractivity (Wildman–Crippen MR) is 133 cm³/mol. The van der Waals surface area contributed by atoms with Crippen LogP contribution in [-0.4, -0.2) is 10.8 Å². The van der Waals surface area contributed by atoms with Crippen LogP contribution in [-0.2, 0) is 0 Å². The van der Waals surface area contributed by atoms with Gasteiger partial charge in [0.15, 0.2) is 0 Å². The monoisotopic (exact) mass is 589 g/mol. The van der Waals surface area contributed by atoms with E-state index in [0.717, 1.165) is 18.7 Å². The number of benzene rings is 3. The van der Waals surface area contributed by atoms with Gasteiger partial charge in [0, 0.05) is 24.8 Å². The molecule has 0 aliphatic carbocycles. The van der Waals surface area contributed by atoms with Crippen molar-refractivity contribution in [3.8, 4) is 6.07 Å². The van der Waals surface area contributed by atoms with Crippen molar-refractivity contribution in [2.75, 3.05) is 0 Å². The minimum absolute atomic E-state index is 0.00832. The summed E-state index contributed by atoms with van der Waals surface area (Å²) >= 11 is 9.42. The van der Waals surface area contributed by atoms with E-state index < -0.39 is 10.8 Å². The molecule has 0 aromatic heterocycles. The molecule has 0 unspecified atom stereocenters. The Hall–Kier alpha value is -2.58. The molecule has 3 aromatic carbocycles. The first kappa shape index (κ1) is 24.1. The summed E-state index contributed by atoms with van der Waals surface area (Å²) in [7, 11) is 0. The van der Waals surface area contributed by atoms with Gasteiger partial charge < -0.3 is 5.32 Å². The number of amides is 1. The van der Waals surface area contributed by atoms with E-state index >= 15 is 0 Å².